The molecule has 0 spiro atoms. The number of rotatable bonds is 2. The van der Waals surface area contributed by atoms with E-state index in [0.717, 1.165) is 11.3 Å². The molecule has 0 radical (unpaired) electrons. The predicted octanol–water partition coefficient (Wildman–Crippen LogP) is 2.90. The van der Waals surface area contributed by atoms with Crippen molar-refractivity contribution in [2.24, 2.45) is 16.1 Å². The number of hydrogen-bond donors (Lipinski definition) is 1. The maximum atomic E-state index is 6.23. The van der Waals surface area contributed by atoms with Crippen LogP contribution in [0.3, 0.4) is 0 Å². The van der Waals surface area contributed by atoms with Crippen molar-refractivity contribution in [1.82, 2.24) is 0 Å². The van der Waals surface area contributed by atoms with Crippen molar-refractivity contribution < 1.29 is 0 Å². The van der Waals surface area contributed by atoms with Gasteiger partial charge in [0, 0.05) is 0 Å². The van der Waals surface area contributed by atoms with Crippen molar-refractivity contribution in [2.45, 2.75) is 12.2 Å². The molecule has 4 heteroatoms. The quantitative estimate of drug-likeness (QED) is 0.874. The molecule has 90 valence electrons. The van der Waals surface area contributed by atoms with Crippen LogP contribution in [0.2, 0.25) is 0 Å². The first kappa shape index (κ1) is 10.9. The van der Waals surface area contributed by atoms with E-state index in [1.54, 1.807) is 5.01 Å². The van der Waals surface area contributed by atoms with Crippen LogP contribution in [0, 0.1) is 0 Å². The monoisotopic (exact) mass is 238 g/mol. The average molecular weight is 238 g/mol. The summed E-state index contributed by atoms with van der Waals surface area (Å²) in [6, 6.07) is 19.8. The molecular formula is C14H14N4. The van der Waals surface area contributed by atoms with E-state index < -0.39 is 0 Å². The van der Waals surface area contributed by atoms with Gasteiger partial charge in [-0.15, -0.1) is 0 Å². The highest BCUT2D eigenvalue weighted by Gasteiger charge is 2.31. The Morgan fingerprint density at radius 3 is 2.17 bits per heavy atom. The first-order chi connectivity index (χ1) is 8.86. The van der Waals surface area contributed by atoms with Gasteiger partial charge in [-0.05, 0) is 17.7 Å². The van der Waals surface area contributed by atoms with Crippen LogP contribution in [-0.2, 0) is 0 Å². The standard InChI is InChI=1S/C14H14N4/c15-14-13(11-7-3-1-4-8-11)16-17-18(14)12-9-5-2-6-10-12/h1-10,13-14H,15H2/t13-,14+/m0/s1. The van der Waals surface area contributed by atoms with Gasteiger partial charge in [0.25, 0.3) is 0 Å². The van der Waals surface area contributed by atoms with E-state index in [0.29, 0.717) is 0 Å². The molecule has 0 fully saturated rings. The predicted molar refractivity (Wildman–Crippen MR) is 70.9 cm³/mol. The zero-order valence-electron chi connectivity index (χ0n) is 9.85. The lowest BCUT2D eigenvalue weighted by molar-refractivity contribution is 0.595. The fourth-order valence-corrected chi connectivity index (χ4v) is 2.09. The van der Waals surface area contributed by atoms with Crippen LogP contribution < -0.4 is 10.7 Å². The molecule has 1 aliphatic heterocycles. The Morgan fingerprint density at radius 1 is 0.889 bits per heavy atom. The van der Waals surface area contributed by atoms with Crippen molar-refractivity contribution in [3.8, 4) is 0 Å². The Balaban J connectivity index is 1.86. The molecule has 2 atom stereocenters. The molecule has 18 heavy (non-hydrogen) atoms. The Kier molecular flexibility index (Phi) is 2.78. The zero-order valence-corrected chi connectivity index (χ0v) is 9.85. The van der Waals surface area contributed by atoms with E-state index in [2.05, 4.69) is 10.3 Å². The summed E-state index contributed by atoms with van der Waals surface area (Å²) in [5, 5.41) is 10.2. The van der Waals surface area contributed by atoms with E-state index in [9.17, 15) is 0 Å². The van der Waals surface area contributed by atoms with Crippen LogP contribution in [0.1, 0.15) is 11.6 Å². The molecule has 3 rings (SSSR count). The molecular weight excluding hydrogens is 224 g/mol. The number of hydrogen-bond acceptors (Lipinski definition) is 4. The highest BCUT2D eigenvalue weighted by Crippen LogP contribution is 2.31. The molecule has 1 heterocycles. The fraction of sp³-hybridized carbons (Fsp3) is 0.143. The Labute approximate surface area is 106 Å². The molecule has 0 amide bonds. The summed E-state index contributed by atoms with van der Waals surface area (Å²) < 4.78 is 0. The van der Waals surface area contributed by atoms with Gasteiger partial charge in [-0.25, -0.2) is 5.01 Å². The maximum Gasteiger partial charge on any atom is 0.133 e. The molecule has 2 N–H and O–H groups in total. The second kappa shape index (κ2) is 4.58. The van der Waals surface area contributed by atoms with Gasteiger partial charge in [0.15, 0.2) is 0 Å². The summed E-state index contributed by atoms with van der Waals surface area (Å²) in [4.78, 5) is 0. The lowest BCUT2D eigenvalue weighted by atomic mass is 10.1. The minimum Gasteiger partial charge on any atom is -0.307 e. The third kappa shape index (κ3) is 1.87. The third-order valence-corrected chi connectivity index (χ3v) is 3.04. The van der Waals surface area contributed by atoms with Gasteiger partial charge in [0.05, 0.1) is 5.69 Å². The van der Waals surface area contributed by atoms with E-state index in [4.69, 9.17) is 5.73 Å². The average Bonchev–Trinajstić information content (AvgIpc) is 2.83. The molecule has 0 saturated carbocycles. The topological polar surface area (TPSA) is 54.0 Å². The van der Waals surface area contributed by atoms with E-state index in [-0.39, 0.29) is 12.2 Å². The lowest BCUT2D eigenvalue weighted by Crippen LogP contribution is -2.38. The second-order valence-corrected chi connectivity index (χ2v) is 4.23. The van der Waals surface area contributed by atoms with Gasteiger partial charge in [0.1, 0.15) is 12.2 Å². The highest BCUT2D eigenvalue weighted by atomic mass is 15.6. The van der Waals surface area contributed by atoms with Crippen molar-refractivity contribution in [3.63, 3.8) is 0 Å². The molecule has 2 aromatic carbocycles. The summed E-state index contributed by atoms with van der Waals surface area (Å²) in [5.74, 6) is 0. The van der Waals surface area contributed by atoms with Crippen LogP contribution in [0.15, 0.2) is 71.0 Å². The van der Waals surface area contributed by atoms with Gasteiger partial charge in [-0.2, -0.15) is 5.11 Å². The van der Waals surface area contributed by atoms with Gasteiger partial charge in [-0.3, -0.25) is 0 Å². The van der Waals surface area contributed by atoms with Gasteiger partial charge < -0.3 is 5.73 Å². The van der Waals surface area contributed by atoms with Crippen molar-refractivity contribution in [3.05, 3.63) is 66.2 Å². The summed E-state index contributed by atoms with van der Waals surface area (Å²) in [5.41, 5.74) is 8.28. The number of anilines is 1. The number of benzene rings is 2. The molecule has 0 unspecified atom stereocenters. The maximum absolute atomic E-state index is 6.23. The molecule has 0 saturated heterocycles. The minimum atomic E-state index is -0.255. The summed E-state index contributed by atoms with van der Waals surface area (Å²) in [6.45, 7) is 0. The van der Waals surface area contributed by atoms with Gasteiger partial charge in [0.2, 0.25) is 0 Å². The summed E-state index contributed by atoms with van der Waals surface area (Å²) in [6.07, 6.45) is -0.255. The van der Waals surface area contributed by atoms with Crippen molar-refractivity contribution in [2.75, 3.05) is 5.01 Å². The van der Waals surface area contributed by atoms with Gasteiger partial charge >= 0.3 is 0 Å². The first-order valence-electron chi connectivity index (χ1n) is 5.92. The second-order valence-electron chi connectivity index (χ2n) is 4.23. The molecule has 2 aromatic rings. The lowest BCUT2D eigenvalue weighted by Gasteiger charge is -2.21. The highest BCUT2D eigenvalue weighted by molar-refractivity contribution is 5.47. The van der Waals surface area contributed by atoms with Crippen LogP contribution in [0.25, 0.3) is 0 Å². The van der Waals surface area contributed by atoms with E-state index in [1.807, 2.05) is 60.7 Å². The van der Waals surface area contributed by atoms with Crippen LogP contribution in [0.5, 0.6) is 0 Å². The SMILES string of the molecule is N[C@H]1[C@H](c2ccccc2)N=NN1c1ccccc1. The van der Waals surface area contributed by atoms with Crippen LogP contribution in [0.4, 0.5) is 5.69 Å². The van der Waals surface area contributed by atoms with Crippen LogP contribution >= 0.6 is 0 Å². The normalized spacial score (nSPS) is 22.4. The molecule has 1 aliphatic rings. The van der Waals surface area contributed by atoms with E-state index >= 15 is 0 Å². The number of nitrogens with two attached hydrogens (primary N) is 1. The van der Waals surface area contributed by atoms with Crippen molar-refractivity contribution >= 4 is 5.69 Å². The summed E-state index contributed by atoms with van der Waals surface area (Å²) in [7, 11) is 0. The zero-order chi connectivity index (χ0) is 12.4. The van der Waals surface area contributed by atoms with Crippen LogP contribution in [-0.4, -0.2) is 6.17 Å². The summed E-state index contributed by atoms with van der Waals surface area (Å²) >= 11 is 0. The Bertz CT molecular complexity index is 489. The fourth-order valence-electron chi connectivity index (χ4n) is 2.09. The molecule has 4 nitrogen and oxygen atoms in total. The molecule has 0 aromatic heterocycles. The molecule has 0 aliphatic carbocycles. The minimum absolute atomic E-state index is 0.105. The Morgan fingerprint density at radius 2 is 1.50 bits per heavy atom. The van der Waals surface area contributed by atoms with E-state index in [1.165, 1.54) is 0 Å². The Hall–Kier alpha value is -2.20. The molecule has 0 bridgehead atoms. The third-order valence-electron chi connectivity index (χ3n) is 3.04. The largest absolute Gasteiger partial charge is 0.307 e. The van der Waals surface area contributed by atoms with Crippen molar-refractivity contribution in [1.29, 1.82) is 0 Å². The number of nitrogens with zero attached hydrogens (tertiary/aromatic N) is 3. The smallest absolute Gasteiger partial charge is 0.133 e. The first-order valence-corrected chi connectivity index (χ1v) is 5.92. The number of para-hydroxylation sites is 1. The van der Waals surface area contributed by atoms with Gasteiger partial charge in [-0.1, -0.05) is 53.8 Å².